The van der Waals surface area contributed by atoms with Crippen LogP contribution in [0.5, 0.6) is 0 Å². The Morgan fingerprint density at radius 1 is 1.10 bits per heavy atom. The van der Waals surface area contributed by atoms with Crippen molar-refractivity contribution < 1.29 is 29.3 Å². The summed E-state index contributed by atoms with van der Waals surface area (Å²) in [7, 11) is 0. The normalized spacial score (nSPS) is 41.2. The van der Waals surface area contributed by atoms with Crippen LogP contribution < -0.4 is 4.72 Å². The number of hydrogen-bond donors (Lipinski definition) is 4. The molecule has 2 bridgehead atoms. The van der Waals surface area contributed by atoms with Crippen molar-refractivity contribution in [1.29, 1.82) is 0 Å². The summed E-state index contributed by atoms with van der Waals surface area (Å²) in [6.45, 7) is 9.66. The minimum atomic E-state index is -1.36. The average Bonchev–Trinajstić information content (AvgIpc) is 2.70. The molecule has 0 radical (unpaired) electrons. The molecule has 2 fully saturated rings. The highest BCUT2D eigenvalue weighted by Gasteiger charge is 2.48. The quantitative estimate of drug-likeness (QED) is 0.337. The minimum absolute atomic E-state index is 0.176. The van der Waals surface area contributed by atoms with E-state index < -0.39 is 52.0 Å². The maximum Gasteiger partial charge on any atom is 0.136 e. The molecule has 0 aromatic carbocycles. The van der Waals surface area contributed by atoms with Crippen molar-refractivity contribution in [3.63, 3.8) is 0 Å². The molecule has 3 aliphatic rings. The van der Waals surface area contributed by atoms with Gasteiger partial charge in [0.2, 0.25) is 0 Å². The van der Waals surface area contributed by atoms with E-state index >= 15 is 0 Å². The van der Waals surface area contributed by atoms with Gasteiger partial charge in [-0.15, -0.1) is 16.5 Å². The summed E-state index contributed by atoms with van der Waals surface area (Å²) >= 11 is 0.137. The molecule has 174 valence electrons. The van der Waals surface area contributed by atoms with Gasteiger partial charge in [0.25, 0.3) is 0 Å². The molecule has 0 amide bonds. The molecular formula is C20H36N2O6S2. The lowest BCUT2D eigenvalue weighted by atomic mass is 9.93. The van der Waals surface area contributed by atoms with E-state index in [0.29, 0.717) is 6.42 Å². The van der Waals surface area contributed by atoms with Crippen LogP contribution in [0, 0.1) is 0 Å². The molecule has 4 N–H and O–H groups in total. The number of nitrogens with zero attached hydrogens (tertiary/aromatic N) is 1. The molecule has 0 aromatic heterocycles. The number of ether oxygens (including phenoxy) is 2. The smallest absolute Gasteiger partial charge is 0.136 e. The van der Waals surface area contributed by atoms with E-state index in [2.05, 4.69) is 15.7 Å². The van der Waals surface area contributed by atoms with Gasteiger partial charge in [-0.1, -0.05) is 12.2 Å². The molecular weight excluding hydrogens is 428 g/mol. The monoisotopic (exact) mass is 464 g/mol. The average molecular weight is 465 g/mol. The molecule has 30 heavy (non-hydrogen) atoms. The maximum absolute atomic E-state index is 12.7. The van der Waals surface area contributed by atoms with Crippen LogP contribution in [0.4, 0.5) is 0 Å². The van der Waals surface area contributed by atoms with Gasteiger partial charge >= 0.3 is 0 Å². The summed E-state index contributed by atoms with van der Waals surface area (Å²) in [5.74, 6) is 0. The van der Waals surface area contributed by atoms with Crippen molar-refractivity contribution in [2.24, 2.45) is 0 Å². The lowest BCUT2D eigenvalue weighted by Gasteiger charge is -2.45. The molecule has 3 unspecified atom stereocenters. The summed E-state index contributed by atoms with van der Waals surface area (Å²) < 4.78 is 26.8. The molecule has 8 nitrogen and oxygen atoms in total. The molecule has 3 rings (SSSR count). The Balaban J connectivity index is 1.76. The number of fused-ring (bicyclic) bond motifs is 2. The maximum atomic E-state index is 12.7. The van der Waals surface area contributed by atoms with Crippen molar-refractivity contribution in [3.8, 4) is 0 Å². The standard InChI is InChI=1S/C20H36N2O6S2/c1-20(2,3)30(26)21-14-7-5-4-6-13(12-22-8-10-27-11-9-22)29-19-17(25)15(23)16(24)18(14)28-19/h4-5,13-19,21,23-25H,6-12H2,1-3H3/b5-4-/t13-,14+,15?,16-,17+,18+,19?,30?/m0/s1. The first-order valence-corrected chi connectivity index (χ1v) is 12.7. The van der Waals surface area contributed by atoms with E-state index in [1.807, 2.05) is 26.8 Å². The van der Waals surface area contributed by atoms with Crippen molar-refractivity contribution in [2.75, 3.05) is 32.8 Å². The SMILES string of the molecule is CC(C)(C)[S+]([O-])N[C@@H]1C/C=C\C[C@@H](CN2CCOCC2)SC2O[C@H]1[C@@H](O)C(O)[C@H]2O. The van der Waals surface area contributed by atoms with Gasteiger partial charge in [0.1, 0.15) is 34.6 Å². The second kappa shape index (κ2) is 10.8. The van der Waals surface area contributed by atoms with Crippen LogP contribution in [0.2, 0.25) is 0 Å². The minimum Gasteiger partial charge on any atom is -0.598 e. The second-order valence-electron chi connectivity index (χ2n) is 9.16. The molecule has 2 saturated heterocycles. The Labute approximate surface area is 186 Å². The third-order valence-corrected chi connectivity index (χ3v) is 8.68. The van der Waals surface area contributed by atoms with E-state index in [1.165, 1.54) is 11.8 Å². The fraction of sp³-hybridized carbons (Fsp3) is 0.900. The molecule has 3 aliphatic heterocycles. The van der Waals surface area contributed by atoms with Gasteiger partial charge in [-0.25, -0.2) is 0 Å². The summed E-state index contributed by atoms with van der Waals surface area (Å²) in [6.07, 6.45) is 0.893. The predicted octanol–water partition coefficient (Wildman–Crippen LogP) is -0.00160. The highest BCUT2D eigenvalue weighted by molar-refractivity contribution is 8.00. The van der Waals surface area contributed by atoms with Gasteiger partial charge in [-0.2, -0.15) is 0 Å². The van der Waals surface area contributed by atoms with Crippen molar-refractivity contribution in [1.82, 2.24) is 9.62 Å². The van der Waals surface area contributed by atoms with Gasteiger partial charge < -0.3 is 29.3 Å². The number of aliphatic hydroxyl groups is 3. The Morgan fingerprint density at radius 2 is 1.77 bits per heavy atom. The van der Waals surface area contributed by atoms with Crippen molar-refractivity contribution in [2.45, 2.75) is 79.5 Å². The predicted molar refractivity (Wildman–Crippen MR) is 119 cm³/mol. The summed E-state index contributed by atoms with van der Waals surface area (Å²) in [5, 5.41) is 31.9. The highest BCUT2D eigenvalue weighted by Crippen LogP contribution is 2.35. The fourth-order valence-corrected chi connectivity index (χ4v) is 6.08. The lowest BCUT2D eigenvalue weighted by molar-refractivity contribution is -0.203. The third kappa shape index (κ3) is 6.34. The van der Waals surface area contributed by atoms with E-state index in [-0.39, 0.29) is 5.25 Å². The van der Waals surface area contributed by atoms with Crippen molar-refractivity contribution in [3.05, 3.63) is 12.2 Å². The molecule has 0 aliphatic carbocycles. The lowest BCUT2D eigenvalue weighted by Crippen LogP contribution is -2.63. The molecule has 3 heterocycles. The van der Waals surface area contributed by atoms with Crippen LogP contribution in [0.25, 0.3) is 0 Å². The summed E-state index contributed by atoms with van der Waals surface area (Å²) in [4.78, 5) is 2.34. The zero-order valence-electron chi connectivity index (χ0n) is 18.0. The number of hydrogen-bond acceptors (Lipinski definition) is 9. The van der Waals surface area contributed by atoms with E-state index in [0.717, 1.165) is 39.3 Å². The molecule has 0 spiro atoms. The van der Waals surface area contributed by atoms with Crippen LogP contribution in [0.15, 0.2) is 12.2 Å². The van der Waals surface area contributed by atoms with Crippen LogP contribution >= 0.6 is 11.8 Å². The second-order valence-corrected chi connectivity index (χ2v) is 12.6. The number of thioether (sulfide) groups is 1. The first-order chi connectivity index (χ1) is 14.2. The number of morpholine rings is 1. The topological polar surface area (TPSA) is 117 Å². The van der Waals surface area contributed by atoms with Crippen molar-refractivity contribution >= 4 is 23.1 Å². The Bertz CT molecular complexity index is 572. The molecule has 0 saturated carbocycles. The largest absolute Gasteiger partial charge is 0.598 e. The van der Waals surface area contributed by atoms with Crippen LogP contribution in [0.1, 0.15) is 33.6 Å². The molecule has 0 aromatic rings. The number of allylic oxidation sites excluding steroid dienone is 1. The zero-order valence-corrected chi connectivity index (χ0v) is 19.6. The molecule has 10 heteroatoms. The first kappa shape index (κ1) is 24.8. The van der Waals surface area contributed by atoms with E-state index in [1.54, 1.807) is 0 Å². The summed E-state index contributed by atoms with van der Waals surface area (Å²) in [5.41, 5.74) is -0.668. The van der Waals surface area contributed by atoms with Gasteiger partial charge in [-0.3, -0.25) is 4.90 Å². The van der Waals surface area contributed by atoms with E-state index in [9.17, 15) is 19.9 Å². The molecule has 8 atom stereocenters. The first-order valence-electron chi connectivity index (χ1n) is 10.6. The highest BCUT2D eigenvalue weighted by atomic mass is 32.2. The van der Waals surface area contributed by atoms with Crippen LogP contribution in [0.3, 0.4) is 0 Å². The van der Waals surface area contributed by atoms with Crippen LogP contribution in [-0.2, 0) is 20.8 Å². The number of aliphatic hydroxyl groups excluding tert-OH is 3. The van der Waals surface area contributed by atoms with Gasteiger partial charge in [-0.05, 0) is 33.6 Å². The Kier molecular flexibility index (Phi) is 8.93. The summed E-state index contributed by atoms with van der Waals surface area (Å²) in [6, 6.07) is -0.447. The van der Waals surface area contributed by atoms with Gasteiger partial charge in [0.15, 0.2) is 0 Å². The van der Waals surface area contributed by atoms with Crippen LogP contribution in [-0.4, -0.2) is 104 Å². The zero-order chi connectivity index (χ0) is 21.9. The fourth-order valence-electron chi connectivity index (χ4n) is 3.81. The third-order valence-electron chi connectivity index (χ3n) is 5.67. The number of rotatable bonds is 4. The van der Waals surface area contributed by atoms with Gasteiger partial charge in [0, 0.05) is 36.2 Å². The number of nitrogens with one attached hydrogen (secondary N) is 1. The van der Waals surface area contributed by atoms with E-state index in [4.69, 9.17) is 9.47 Å². The Morgan fingerprint density at radius 3 is 2.43 bits per heavy atom. The van der Waals surface area contributed by atoms with Gasteiger partial charge in [0.05, 0.1) is 19.3 Å². The Hall–Kier alpha value is 0.120.